The average Bonchev–Trinajstić information content (AvgIpc) is 2.63. The van der Waals surface area contributed by atoms with Gasteiger partial charge in [-0.1, -0.05) is 18.8 Å². The highest BCUT2D eigenvalue weighted by Gasteiger charge is 2.11. The molecule has 4 atom stereocenters. The Morgan fingerprint density at radius 2 is 2.06 bits per heavy atom. The molecule has 0 radical (unpaired) electrons. The number of hydrogen-bond donors (Lipinski definition) is 0. The zero-order valence-corrected chi connectivity index (χ0v) is 14.9. The van der Waals surface area contributed by atoms with Crippen molar-refractivity contribution in [3.8, 4) is 5.75 Å². The van der Waals surface area contributed by atoms with Crippen molar-refractivity contribution in [3.63, 3.8) is 0 Å². The third-order valence-electron chi connectivity index (χ3n) is 2.95. The molecule has 0 fully saturated rings. The van der Waals surface area contributed by atoms with Gasteiger partial charge in [-0.15, -0.1) is 0 Å². The van der Waals surface area contributed by atoms with Gasteiger partial charge in [0, 0.05) is 18.1 Å². The van der Waals surface area contributed by atoms with E-state index in [1.165, 1.54) is 22.0 Å². The summed E-state index contributed by atoms with van der Waals surface area (Å²) in [5, 5.41) is 1.26. The molecule has 7 heteroatoms. The van der Waals surface area contributed by atoms with E-state index in [0.717, 1.165) is 18.7 Å². The Morgan fingerprint density at radius 3 is 2.67 bits per heavy atom. The van der Waals surface area contributed by atoms with Crippen molar-refractivity contribution in [3.05, 3.63) is 29.5 Å². The van der Waals surface area contributed by atoms with Gasteiger partial charge in [-0.25, -0.2) is 0 Å². The van der Waals surface area contributed by atoms with E-state index in [2.05, 4.69) is 67.2 Å². The summed E-state index contributed by atoms with van der Waals surface area (Å²) in [5.74, 6) is 0.885. The molecule has 0 saturated heterocycles. The van der Waals surface area contributed by atoms with Crippen LogP contribution >= 0.6 is 37.6 Å². The molecule has 0 saturated carbocycles. The Kier molecular flexibility index (Phi) is 4.99. The molecule has 0 aliphatic heterocycles. The van der Waals surface area contributed by atoms with Gasteiger partial charge in [0.1, 0.15) is 5.75 Å². The lowest BCUT2D eigenvalue weighted by molar-refractivity contribution is 0.646. The Balaban J connectivity index is 2.50. The maximum atomic E-state index is 5.27. The van der Waals surface area contributed by atoms with E-state index in [-0.39, 0.29) is 0 Å². The second-order valence-electron chi connectivity index (χ2n) is 4.30. The highest BCUT2D eigenvalue weighted by Crippen LogP contribution is 2.31. The first-order valence-electron chi connectivity index (χ1n) is 5.56. The van der Waals surface area contributed by atoms with Crippen LogP contribution in [0.2, 0.25) is 0 Å². The van der Waals surface area contributed by atoms with Crippen LogP contribution in [0.5, 0.6) is 5.75 Å². The molecule has 3 nitrogen and oxygen atoms in total. The summed E-state index contributed by atoms with van der Waals surface area (Å²) in [6.45, 7) is 3.08. The lowest BCUT2D eigenvalue weighted by atomic mass is 10.1. The van der Waals surface area contributed by atoms with Crippen LogP contribution in [0.15, 0.2) is 18.3 Å². The fraction of sp³-hybridized carbons (Fsp3) is 0.273. The van der Waals surface area contributed by atoms with E-state index < -0.39 is 0 Å². The molecule has 1 aromatic heterocycles. The van der Waals surface area contributed by atoms with Gasteiger partial charge in [0.25, 0.3) is 0 Å². The van der Waals surface area contributed by atoms with Crippen LogP contribution in [0.25, 0.3) is 10.9 Å². The first kappa shape index (κ1) is 14.6. The largest absolute Gasteiger partial charge is 0.480 e. The van der Waals surface area contributed by atoms with Crippen molar-refractivity contribution in [1.82, 2.24) is 8.78 Å². The van der Waals surface area contributed by atoms with Gasteiger partial charge in [0.15, 0.2) is 0 Å². The van der Waals surface area contributed by atoms with Crippen molar-refractivity contribution in [2.75, 3.05) is 6.54 Å². The van der Waals surface area contributed by atoms with E-state index in [1.807, 2.05) is 4.44 Å². The zero-order chi connectivity index (χ0) is 13.3. The predicted octanol–water partition coefficient (Wildman–Crippen LogP) is 3.18. The van der Waals surface area contributed by atoms with E-state index in [4.69, 9.17) is 4.52 Å². The molecule has 0 aliphatic carbocycles. The van der Waals surface area contributed by atoms with Crippen LogP contribution < -0.4 is 4.52 Å². The molecule has 2 rings (SSSR count). The first-order valence-corrected chi connectivity index (χ1v) is 7.58. The summed E-state index contributed by atoms with van der Waals surface area (Å²) in [6, 6.07) is 4.15. The summed E-state index contributed by atoms with van der Waals surface area (Å²) in [7, 11) is 10.4. The standard InChI is InChI=1S/C11H18N2OP4/c1-7-4-9(14-18)5-10-8(2-3-13(16)17)6-12(15)11(7)10/h4-6H,2-3,15-18H2,1H3. The third-order valence-corrected chi connectivity index (χ3v) is 4.14. The molecule has 4 unspecified atom stereocenters. The molecule has 2 aromatic rings. The summed E-state index contributed by atoms with van der Waals surface area (Å²) in [6.07, 6.45) is 3.18. The Labute approximate surface area is 117 Å². The van der Waals surface area contributed by atoms with E-state index in [9.17, 15) is 0 Å². The smallest absolute Gasteiger partial charge is 0.123 e. The molecule has 0 bridgehead atoms. The zero-order valence-electron chi connectivity index (χ0n) is 10.3. The average molecular weight is 318 g/mol. The highest BCUT2D eigenvalue weighted by molar-refractivity contribution is 7.30. The molecule has 0 N–H and O–H groups in total. The number of aryl methyl sites for hydroxylation is 1. The molecule has 0 amide bonds. The maximum absolute atomic E-state index is 5.27. The van der Waals surface area contributed by atoms with Crippen LogP contribution in [-0.4, -0.2) is 15.3 Å². The summed E-state index contributed by atoms with van der Waals surface area (Å²) < 4.78 is 9.43. The van der Waals surface area contributed by atoms with Gasteiger partial charge in [-0.05, 0) is 46.0 Å². The van der Waals surface area contributed by atoms with Gasteiger partial charge >= 0.3 is 0 Å². The van der Waals surface area contributed by atoms with Gasteiger partial charge in [-0.3, -0.25) is 4.44 Å². The Hall–Kier alpha value is 0.240. The van der Waals surface area contributed by atoms with Crippen LogP contribution in [0.4, 0.5) is 0 Å². The first-order chi connectivity index (χ1) is 8.52. The normalized spacial score (nSPS) is 11.4. The number of fused-ring (bicyclic) bond motifs is 1. The Morgan fingerprint density at radius 1 is 1.33 bits per heavy atom. The highest BCUT2D eigenvalue weighted by atomic mass is 31.1. The lowest BCUT2D eigenvalue weighted by Gasteiger charge is -2.08. The Bertz CT molecular complexity index is 568. The fourth-order valence-electron chi connectivity index (χ4n) is 2.15. The summed E-state index contributed by atoms with van der Waals surface area (Å²) in [5.41, 5.74) is 3.81. The van der Waals surface area contributed by atoms with Crippen LogP contribution in [0.1, 0.15) is 11.1 Å². The molecule has 98 valence electrons. The second kappa shape index (κ2) is 6.13. The van der Waals surface area contributed by atoms with Crippen LogP contribution in [0, 0.1) is 6.92 Å². The van der Waals surface area contributed by atoms with Crippen molar-refractivity contribution in [2.45, 2.75) is 13.3 Å². The monoisotopic (exact) mass is 318 g/mol. The van der Waals surface area contributed by atoms with Crippen LogP contribution in [-0.2, 0) is 6.42 Å². The van der Waals surface area contributed by atoms with Crippen molar-refractivity contribution < 1.29 is 4.52 Å². The number of hydrogen-bond acceptors (Lipinski definition) is 2. The summed E-state index contributed by atoms with van der Waals surface area (Å²) in [4.78, 5) is 0. The molecular weight excluding hydrogens is 300 g/mol. The van der Waals surface area contributed by atoms with E-state index >= 15 is 0 Å². The van der Waals surface area contributed by atoms with E-state index in [0.29, 0.717) is 0 Å². The minimum absolute atomic E-state index is 0.885. The molecule has 1 heterocycles. The van der Waals surface area contributed by atoms with Crippen LogP contribution in [0.3, 0.4) is 0 Å². The number of aromatic nitrogens is 1. The fourth-order valence-corrected chi connectivity index (χ4v) is 3.07. The SMILES string of the molecule is Cc1cc(OP)cc2c(CCN(P)P)cn(P)c12. The quantitative estimate of drug-likeness (QED) is 0.806. The van der Waals surface area contributed by atoms with E-state index in [1.54, 1.807) is 0 Å². The van der Waals surface area contributed by atoms with Gasteiger partial charge in [0.2, 0.25) is 0 Å². The van der Waals surface area contributed by atoms with Crippen molar-refractivity contribution in [1.29, 1.82) is 0 Å². The summed E-state index contributed by atoms with van der Waals surface area (Å²) >= 11 is 0. The molecule has 0 aliphatic rings. The minimum atomic E-state index is 0.885. The van der Waals surface area contributed by atoms with Crippen molar-refractivity contribution in [2.24, 2.45) is 0 Å². The maximum Gasteiger partial charge on any atom is 0.123 e. The lowest BCUT2D eigenvalue weighted by Crippen LogP contribution is -2.01. The number of rotatable bonds is 4. The second-order valence-corrected chi connectivity index (χ2v) is 7.02. The molecule has 18 heavy (non-hydrogen) atoms. The van der Waals surface area contributed by atoms with Gasteiger partial charge in [-0.2, -0.15) is 0 Å². The van der Waals surface area contributed by atoms with Gasteiger partial charge in [0.05, 0.1) is 15.0 Å². The third kappa shape index (κ3) is 3.04. The topological polar surface area (TPSA) is 17.4 Å². The molecule has 1 aromatic carbocycles. The minimum Gasteiger partial charge on any atom is -0.480 e. The molecule has 0 spiro atoms. The van der Waals surface area contributed by atoms with Crippen molar-refractivity contribution >= 4 is 48.5 Å². The number of benzene rings is 1. The predicted molar refractivity (Wildman–Crippen MR) is 92.0 cm³/mol. The number of nitrogens with zero attached hydrogens (tertiary/aromatic N) is 2. The molecular formula is C11H18N2OP4. The van der Waals surface area contributed by atoms with Gasteiger partial charge < -0.3 is 8.86 Å².